The second-order valence-corrected chi connectivity index (χ2v) is 12.6. The van der Waals surface area contributed by atoms with Gasteiger partial charge in [0.25, 0.3) is 11.4 Å². The van der Waals surface area contributed by atoms with E-state index in [-0.39, 0.29) is 30.8 Å². The fraction of sp³-hybridized carbons (Fsp3) is 0.586. The molecule has 0 aliphatic rings. The lowest BCUT2D eigenvalue weighted by molar-refractivity contribution is -0.393. The Morgan fingerprint density at radius 1 is 0.959 bits per heavy atom. The molecular formula is C29H42N8O12. The number of aryl methyl sites for hydroxylation is 1. The molecule has 0 aliphatic carbocycles. The summed E-state index contributed by atoms with van der Waals surface area (Å²) in [7, 11) is 0. The molecule has 0 bridgehead atoms. The summed E-state index contributed by atoms with van der Waals surface area (Å²) in [4.78, 5) is 66.9. The van der Waals surface area contributed by atoms with Gasteiger partial charge in [0, 0.05) is 43.8 Å². The quantitative estimate of drug-likeness (QED) is 0.0586. The number of nitrogens with zero attached hydrogens (tertiary/aromatic N) is 5. The first-order valence-corrected chi connectivity index (χ1v) is 15.3. The van der Waals surface area contributed by atoms with E-state index in [4.69, 9.17) is 9.84 Å². The molecule has 1 aromatic carbocycles. The number of hydrogen-bond acceptors (Lipinski definition) is 12. The third-order valence-corrected chi connectivity index (χ3v) is 7.26. The highest BCUT2D eigenvalue weighted by Gasteiger charge is 2.28. The highest BCUT2D eigenvalue weighted by molar-refractivity contribution is 5.86. The van der Waals surface area contributed by atoms with E-state index in [0.29, 0.717) is 37.9 Å². The van der Waals surface area contributed by atoms with Crippen LogP contribution in [0.5, 0.6) is 0 Å². The van der Waals surface area contributed by atoms with Crippen LogP contribution in [0.4, 0.5) is 21.9 Å². The van der Waals surface area contributed by atoms with E-state index in [1.165, 1.54) is 12.1 Å². The van der Waals surface area contributed by atoms with Crippen LogP contribution in [0.3, 0.4) is 0 Å². The number of ether oxygens (including phenoxy) is 1. The van der Waals surface area contributed by atoms with E-state index in [9.17, 15) is 49.6 Å². The summed E-state index contributed by atoms with van der Waals surface area (Å²) >= 11 is 0. The van der Waals surface area contributed by atoms with Gasteiger partial charge in [-0.2, -0.15) is 0 Å². The summed E-state index contributed by atoms with van der Waals surface area (Å²) in [5, 5.41) is 65.5. The zero-order valence-electron chi connectivity index (χ0n) is 27.6. The maximum atomic E-state index is 12.2. The third-order valence-electron chi connectivity index (χ3n) is 7.26. The molecule has 270 valence electrons. The van der Waals surface area contributed by atoms with Crippen LogP contribution in [0.2, 0.25) is 0 Å². The number of benzene rings is 1. The van der Waals surface area contributed by atoms with Gasteiger partial charge in [0.1, 0.15) is 17.8 Å². The Morgan fingerprint density at radius 3 is 2.16 bits per heavy atom. The number of carbonyl (C=O) groups excluding carboxylic acids is 1. The standard InChI is InChI=1S/C29H42N8O12/c1-28(2,32-20-9-8-19(36(45)46)15-23(20)37(47)48)12-14-49-29(3,4)16-18-17-35(34-33-18)13-6-5-7-21(25(40)41)30-27(44)31-22(26(42)43)10-11-24(38)39/h8-9,15,17,21-22,32H,5-7,10-14,16H2,1-4H3,(H,38,39)(H,40,41)(H,42,43)(H2,30,31,44)/t21-,22-/m0/s1. The summed E-state index contributed by atoms with van der Waals surface area (Å²) in [6.45, 7) is 8.06. The van der Waals surface area contributed by atoms with Crippen molar-refractivity contribution in [2.24, 2.45) is 0 Å². The number of aliphatic carboxylic acids is 3. The molecule has 2 aromatic rings. The number of nitro groups is 2. The Labute approximate surface area is 280 Å². The Kier molecular flexibility index (Phi) is 14.3. The number of carbonyl (C=O) groups is 4. The molecule has 0 radical (unpaired) electrons. The number of nitrogens with one attached hydrogen (secondary N) is 3. The van der Waals surface area contributed by atoms with E-state index >= 15 is 0 Å². The van der Waals surface area contributed by atoms with E-state index < -0.39 is 69.1 Å². The smallest absolute Gasteiger partial charge is 0.326 e. The molecule has 0 saturated carbocycles. The van der Waals surface area contributed by atoms with E-state index in [1.807, 2.05) is 27.7 Å². The van der Waals surface area contributed by atoms with Gasteiger partial charge in [-0.15, -0.1) is 5.10 Å². The SMILES string of the molecule is CC(C)(CCOC(C)(C)Cc1cn(CCCC[C@H](NC(=O)N[C@@H](CCC(=O)O)C(=O)O)C(=O)O)nn1)Nc1ccc([N+](=O)[O-])cc1[N+](=O)[O-]. The molecular weight excluding hydrogens is 652 g/mol. The van der Waals surface area contributed by atoms with Gasteiger partial charge < -0.3 is 36.0 Å². The van der Waals surface area contributed by atoms with Crippen molar-refractivity contribution in [3.05, 3.63) is 50.3 Å². The number of anilines is 1. The zero-order valence-corrected chi connectivity index (χ0v) is 27.6. The van der Waals surface area contributed by atoms with E-state index in [1.54, 1.807) is 10.9 Å². The molecule has 6 N–H and O–H groups in total. The number of carboxylic acid groups (broad SMARTS) is 3. The van der Waals surface area contributed by atoms with Crippen molar-refractivity contribution in [3.8, 4) is 0 Å². The lowest BCUT2D eigenvalue weighted by Crippen LogP contribution is -2.51. The lowest BCUT2D eigenvalue weighted by atomic mass is 9.99. The Morgan fingerprint density at radius 2 is 1.59 bits per heavy atom. The molecule has 20 nitrogen and oxygen atoms in total. The van der Waals surface area contributed by atoms with Crippen LogP contribution >= 0.6 is 0 Å². The Bertz CT molecular complexity index is 1510. The first-order valence-electron chi connectivity index (χ1n) is 15.3. The van der Waals surface area contributed by atoms with Crippen molar-refractivity contribution in [1.82, 2.24) is 25.6 Å². The predicted octanol–water partition coefficient (Wildman–Crippen LogP) is 2.95. The average molecular weight is 695 g/mol. The lowest BCUT2D eigenvalue weighted by Gasteiger charge is -2.30. The monoisotopic (exact) mass is 694 g/mol. The number of rotatable bonds is 22. The molecule has 2 amide bonds. The minimum atomic E-state index is -1.49. The number of non-ortho nitro benzene ring substituents is 1. The molecule has 20 heteroatoms. The number of unbranched alkanes of at least 4 members (excludes halogenated alkanes) is 1. The van der Waals surface area contributed by atoms with Crippen LogP contribution in [-0.4, -0.2) is 93.9 Å². The van der Waals surface area contributed by atoms with Crippen molar-refractivity contribution in [2.45, 2.75) is 102 Å². The molecule has 0 unspecified atom stereocenters. The Hall–Kier alpha value is -5.40. The van der Waals surface area contributed by atoms with E-state index in [2.05, 4.69) is 26.3 Å². The molecule has 49 heavy (non-hydrogen) atoms. The normalized spacial score (nSPS) is 12.8. The molecule has 0 saturated heterocycles. The van der Waals surface area contributed by atoms with Crippen LogP contribution in [0.1, 0.15) is 71.9 Å². The summed E-state index contributed by atoms with van der Waals surface area (Å²) < 4.78 is 7.68. The van der Waals surface area contributed by atoms with Crippen molar-refractivity contribution < 1.29 is 49.1 Å². The molecule has 2 rings (SSSR count). The summed E-state index contributed by atoms with van der Waals surface area (Å²) in [6, 6.07) is -0.427. The van der Waals surface area contributed by atoms with Gasteiger partial charge in [0.2, 0.25) is 0 Å². The van der Waals surface area contributed by atoms with Crippen molar-refractivity contribution in [1.29, 1.82) is 0 Å². The van der Waals surface area contributed by atoms with Gasteiger partial charge in [0.05, 0.1) is 27.2 Å². The van der Waals surface area contributed by atoms with Crippen molar-refractivity contribution >= 4 is 41.0 Å². The van der Waals surface area contributed by atoms with Gasteiger partial charge in [-0.05, 0) is 65.9 Å². The number of aromatic nitrogens is 3. The van der Waals surface area contributed by atoms with Gasteiger partial charge in [-0.1, -0.05) is 5.21 Å². The molecule has 2 atom stereocenters. The maximum Gasteiger partial charge on any atom is 0.326 e. The number of nitro benzene ring substituents is 2. The number of urea groups is 1. The highest BCUT2D eigenvalue weighted by atomic mass is 16.6. The minimum Gasteiger partial charge on any atom is -0.481 e. The number of carboxylic acids is 3. The second-order valence-electron chi connectivity index (χ2n) is 12.6. The molecule has 0 fully saturated rings. The predicted molar refractivity (Wildman–Crippen MR) is 171 cm³/mol. The maximum absolute atomic E-state index is 12.2. The van der Waals surface area contributed by atoms with Crippen LogP contribution in [-0.2, 0) is 32.1 Å². The summed E-state index contributed by atoms with van der Waals surface area (Å²) in [5.41, 5.74) is -1.33. The molecule has 1 heterocycles. The van der Waals surface area contributed by atoms with Gasteiger partial charge >= 0.3 is 23.9 Å². The van der Waals surface area contributed by atoms with Gasteiger partial charge in [-0.25, -0.2) is 14.4 Å². The van der Waals surface area contributed by atoms with Crippen LogP contribution < -0.4 is 16.0 Å². The average Bonchev–Trinajstić information content (AvgIpc) is 3.41. The summed E-state index contributed by atoms with van der Waals surface area (Å²) in [5.74, 6) is -4.00. The van der Waals surface area contributed by atoms with Crippen molar-refractivity contribution in [2.75, 3.05) is 11.9 Å². The number of amides is 2. The zero-order chi connectivity index (χ0) is 36.9. The molecule has 1 aromatic heterocycles. The van der Waals surface area contributed by atoms with Crippen LogP contribution in [0.15, 0.2) is 24.4 Å². The largest absolute Gasteiger partial charge is 0.481 e. The minimum absolute atomic E-state index is 0.0424. The highest BCUT2D eigenvalue weighted by Crippen LogP contribution is 2.32. The summed E-state index contributed by atoms with van der Waals surface area (Å²) in [6.07, 6.45) is 2.61. The fourth-order valence-corrected chi connectivity index (χ4v) is 4.68. The van der Waals surface area contributed by atoms with Crippen molar-refractivity contribution in [3.63, 3.8) is 0 Å². The van der Waals surface area contributed by atoms with Gasteiger partial charge in [0.15, 0.2) is 0 Å². The van der Waals surface area contributed by atoms with Crippen LogP contribution in [0, 0.1) is 20.2 Å². The second kappa shape index (κ2) is 17.7. The third kappa shape index (κ3) is 14.1. The van der Waals surface area contributed by atoms with Crippen LogP contribution in [0.25, 0.3) is 0 Å². The molecule has 0 aliphatic heterocycles. The molecule has 0 spiro atoms. The first-order chi connectivity index (χ1) is 22.8. The van der Waals surface area contributed by atoms with Gasteiger partial charge in [-0.3, -0.25) is 29.7 Å². The first kappa shape index (κ1) is 39.8. The number of hydrogen-bond donors (Lipinski definition) is 6. The Balaban J connectivity index is 1.82. The fourth-order valence-electron chi connectivity index (χ4n) is 4.68. The van der Waals surface area contributed by atoms with E-state index in [0.717, 1.165) is 6.07 Å². The topological polar surface area (TPSA) is 291 Å².